The minimum absolute atomic E-state index is 0.476. The molecule has 0 aliphatic rings. The Morgan fingerprint density at radius 2 is 2.21 bits per heavy atom. The number of carboxylic acid groups (broad SMARTS) is 1. The summed E-state index contributed by atoms with van der Waals surface area (Å²) in [6.07, 6.45) is 0.598. The van der Waals surface area contributed by atoms with Crippen molar-refractivity contribution in [3.8, 4) is 0 Å². The lowest BCUT2D eigenvalue weighted by Gasteiger charge is -2.16. The van der Waals surface area contributed by atoms with E-state index in [9.17, 15) is 9.90 Å². The van der Waals surface area contributed by atoms with Gasteiger partial charge in [0.2, 0.25) is 0 Å². The average molecular weight is 261 g/mol. The topological polar surface area (TPSA) is 69.2 Å². The van der Waals surface area contributed by atoms with E-state index in [2.05, 4.69) is 9.97 Å². The highest BCUT2D eigenvalue weighted by molar-refractivity contribution is 5.81. The Bertz CT molecular complexity index is 589. The molecule has 0 bridgehead atoms. The first kappa shape index (κ1) is 13.5. The van der Waals surface area contributed by atoms with Crippen molar-refractivity contribution in [2.75, 3.05) is 20.6 Å². The van der Waals surface area contributed by atoms with E-state index in [4.69, 9.17) is 0 Å². The summed E-state index contributed by atoms with van der Waals surface area (Å²) in [4.78, 5) is 20.9. The number of aromatic nitrogens is 2. The van der Waals surface area contributed by atoms with Crippen LogP contribution >= 0.6 is 0 Å². The molecule has 1 atom stereocenters. The number of carboxylic acids is 1. The predicted molar refractivity (Wildman–Crippen MR) is 74.4 cm³/mol. The summed E-state index contributed by atoms with van der Waals surface area (Å²) >= 11 is 0. The number of H-pyrrole nitrogens is 1. The molecule has 0 amide bonds. The molecular formula is C14H19N3O2. The largest absolute Gasteiger partial charge is 0.481 e. The number of hydrogen-bond acceptors (Lipinski definition) is 3. The summed E-state index contributed by atoms with van der Waals surface area (Å²) in [5.41, 5.74) is 2.59. The van der Waals surface area contributed by atoms with Gasteiger partial charge in [-0.2, -0.15) is 0 Å². The molecule has 0 saturated heterocycles. The molecule has 19 heavy (non-hydrogen) atoms. The van der Waals surface area contributed by atoms with Crippen LogP contribution in [-0.4, -0.2) is 46.6 Å². The number of nitrogens with zero attached hydrogens (tertiary/aromatic N) is 2. The van der Waals surface area contributed by atoms with Crippen molar-refractivity contribution in [3.05, 3.63) is 29.6 Å². The van der Waals surface area contributed by atoms with Crippen molar-refractivity contribution in [2.45, 2.75) is 19.3 Å². The first-order valence-electron chi connectivity index (χ1n) is 6.31. The fourth-order valence-electron chi connectivity index (χ4n) is 2.19. The summed E-state index contributed by atoms with van der Waals surface area (Å²) < 4.78 is 0. The standard InChI is InChI=1S/C14H19N3O2/c1-9-15-12-5-4-10(8-13(12)16-9)11(14(18)19)6-7-17(2)3/h4-5,8,11H,6-7H2,1-3H3,(H,15,16)(H,18,19). The van der Waals surface area contributed by atoms with E-state index in [1.54, 1.807) is 0 Å². The zero-order valence-electron chi connectivity index (χ0n) is 11.5. The highest BCUT2D eigenvalue weighted by Gasteiger charge is 2.20. The number of hydrogen-bond donors (Lipinski definition) is 2. The van der Waals surface area contributed by atoms with E-state index < -0.39 is 11.9 Å². The third-order valence-corrected chi connectivity index (χ3v) is 3.19. The maximum Gasteiger partial charge on any atom is 0.311 e. The molecular weight excluding hydrogens is 242 g/mol. The van der Waals surface area contributed by atoms with Gasteiger partial charge in [-0.15, -0.1) is 0 Å². The second kappa shape index (κ2) is 5.40. The van der Waals surface area contributed by atoms with Gasteiger partial charge in [0.05, 0.1) is 17.0 Å². The minimum atomic E-state index is -0.780. The lowest BCUT2D eigenvalue weighted by Crippen LogP contribution is -2.20. The fraction of sp³-hybridized carbons (Fsp3) is 0.429. The molecule has 0 radical (unpaired) electrons. The maximum atomic E-state index is 11.4. The van der Waals surface area contributed by atoms with Crippen LogP contribution in [0.5, 0.6) is 0 Å². The van der Waals surface area contributed by atoms with Gasteiger partial charge >= 0.3 is 5.97 Å². The van der Waals surface area contributed by atoms with Gasteiger partial charge in [0.1, 0.15) is 5.82 Å². The fourth-order valence-corrected chi connectivity index (χ4v) is 2.19. The normalized spacial score (nSPS) is 13.1. The highest BCUT2D eigenvalue weighted by atomic mass is 16.4. The third kappa shape index (κ3) is 3.12. The van der Waals surface area contributed by atoms with Crippen molar-refractivity contribution in [1.82, 2.24) is 14.9 Å². The van der Waals surface area contributed by atoms with Crippen LogP contribution in [0.1, 0.15) is 23.7 Å². The number of rotatable bonds is 5. The van der Waals surface area contributed by atoms with Crippen molar-refractivity contribution in [1.29, 1.82) is 0 Å². The number of aliphatic carboxylic acids is 1. The molecule has 5 heteroatoms. The molecule has 1 heterocycles. The van der Waals surface area contributed by atoms with Crippen LogP contribution in [0.4, 0.5) is 0 Å². The molecule has 2 rings (SSSR count). The Kier molecular flexibility index (Phi) is 3.85. The summed E-state index contributed by atoms with van der Waals surface area (Å²) in [5, 5.41) is 9.37. The molecule has 0 saturated carbocycles. The summed E-state index contributed by atoms with van der Waals surface area (Å²) in [5.74, 6) is -0.417. The van der Waals surface area contributed by atoms with E-state index in [0.29, 0.717) is 6.42 Å². The molecule has 1 aromatic carbocycles. The maximum absolute atomic E-state index is 11.4. The number of nitrogens with one attached hydrogen (secondary N) is 1. The van der Waals surface area contributed by atoms with E-state index in [-0.39, 0.29) is 0 Å². The zero-order chi connectivity index (χ0) is 14.0. The van der Waals surface area contributed by atoms with E-state index in [1.807, 2.05) is 44.1 Å². The number of fused-ring (bicyclic) bond motifs is 1. The van der Waals surface area contributed by atoms with Gasteiger partial charge in [0, 0.05) is 0 Å². The van der Waals surface area contributed by atoms with Crippen LogP contribution < -0.4 is 0 Å². The Morgan fingerprint density at radius 3 is 2.84 bits per heavy atom. The first-order valence-corrected chi connectivity index (χ1v) is 6.31. The summed E-state index contributed by atoms with van der Waals surface area (Å²) in [6.45, 7) is 2.64. The molecule has 0 aliphatic carbocycles. The predicted octanol–water partition coefficient (Wildman–Crippen LogP) is 1.99. The zero-order valence-corrected chi connectivity index (χ0v) is 11.5. The second-order valence-electron chi connectivity index (χ2n) is 5.08. The van der Waals surface area contributed by atoms with Crippen molar-refractivity contribution >= 4 is 17.0 Å². The number of imidazole rings is 1. The Labute approximate surface area is 112 Å². The van der Waals surface area contributed by atoms with Crippen LogP contribution in [-0.2, 0) is 4.79 Å². The Hall–Kier alpha value is -1.88. The van der Waals surface area contributed by atoms with Gasteiger partial charge < -0.3 is 15.0 Å². The third-order valence-electron chi connectivity index (χ3n) is 3.19. The molecule has 1 unspecified atom stereocenters. The lowest BCUT2D eigenvalue weighted by molar-refractivity contribution is -0.139. The van der Waals surface area contributed by atoms with Crippen LogP contribution in [0.25, 0.3) is 11.0 Å². The van der Waals surface area contributed by atoms with Crippen LogP contribution in [0.3, 0.4) is 0 Å². The number of aromatic amines is 1. The number of benzene rings is 1. The van der Waals surface area contributed by atoms with Crippen molar-refractivity contribution in [3.63, 3.8) is 0 Å². The van der Waals surface area contributed by atoms with E-state index in [1.165, 1.54) is 0 Å². The molecule has 5 nitrogen and oxygen atoms in total. The highest BCUT2D eigenvalue weighted by Crippen LogP contribution is 2.23. The van der Waals surface area contributed by atoms with Gasteiger partial charge in [-0.25, -0.2) is 4.98 Å². The first-order chi connectivity index (χ1) is 8.97. The van der Waals surface area contributed by atoms with Crippen molar-refractivity contribution in [2.24, 2.45) is 0 Å². The van der Waals surface area contributed by atoms with E-state index in [0.717, 1.165) is 29.0 Å². The summed E-state index contributed by atoms with van der Waals surface area (Å²) in [7, 11) is 3.89. The van der Waals surface area contributed by atoms with Gasteiger partial charge in [-0.1, -0.05) is 6.07 Å². The monoisotopic (exact) mass is 261 g/mol. The van der Waals surface area contributed by atoms with Crippen molar-refractivity contribution < 1.29 is 9.90 Å². The van der Waals surface area contributed by atoms with Gasteiger partial charge in [0.15, 0.2) is 0 Å². The Morgan fingerprint density at radius 1 is 1.47 bits per heavy atom. The average Bonchev–Trinajstić information content (AvgIpc) is 2.67. The van der Waals surface area contributed by atoms with E-state index >= 15 is 0 Å². The summed E-state index contributed by atoms with van der Waals surface area (Å²) in [6, 6.07) is 5.63. The van der Waals surface area contributed by atoms with Gasteiger partial charge in [0.25, 0.3) is 0 Å². The molecule has 102 valence electrons. The molecule has 0 spiro atoms. The van der Waals surface area contributed by atoms with Gasteiger partial charge in [-0.05, 0) is 51.7 Å². The quantitative estimate of drug-likeness (QED) is 0.863. The lowest BCUT2D eigenvalue weighted by atomic mass is 9.95. The number of carbonyl (C=O) groups is 1. The molecule has 1 aromatic heterocycles. The molecule has 0 fully saturated rings. The second-order valence-corrected chi connectivity index (χ2v) is 5.08. The van der Waals surface area contributed by atoms with Crippen LogP contribution in [0, 0.1) is 6.92 Å². The molecule has 0 aliphatic heterocycles. The smallest absolute Gasteiger partial charge is 0.311 e. The van der Waals surface area contributed by atoms with Crippen LogP contribution in [0.15, 0.2) is 18.2 Å². The molecule has 2 N–H and O–H groups in total. The minimum Gasteiger partial charge on any atom is -0.481 e. The van der Waals surface area contributed by atoms with Gasteiger partial charge in [-0.3, -0.25) is 4.79 Å². The van der Waals surface area contributed by atoms with Crippen LogP contribution in [0.2, 0.25) is 0 Å². The molecule has 2 aromatic rings. The SMILES string of the molecule is Cc1nc2ccc(C(CCN(C)C)C(=O)O)cc2[nH]1. The number of aryl methyl sites for hydroxylation is 1. The Balaban J connectivity index is 2.30.